The van der Waals surface area contributed by atoms with Crippen LogP contribution in [0.4, 0.5) is 33.2 Å². The minimum Gasteiger partial charge on any atom is -1.00 e. The van der Waals surface area contributed by atoms with Crippen LogP contribution in [-0.2, 0) is 4.79 Å². The van der Waals surface area contributed by atoms with Crippen molar-refractivity contribution in [3.8, 4) is 0 Å². The van der Waals surface area contributed by atoms with Gasteiger partial charge in [0.15, 0.2) is 21.4 Å². The van der Waals surface area contributed by atoms with E-state index in [9.17, 15) is 19.2 Å². The Balaban J connectivity index is 0.000000687. The number of likely N-dealkylation sites (N-methyl/N-ethyl adjacent to an activating group) is 1. The average Bonchev–Trinajstić information content (AvgIpc) is 0.996. The first kappa shape index (κ1) is 110. The molecule has 0 atom stereocenters. The summed E-state index contributed by atoms with van der Waals surface area (Å²) in [5.41, 5.74) is 56.2. The van der Waals surface area contributed by atoms with Crippen LogP contribution in [0.3, 0.4) is 0 Å². The summed E-state index contributed by atoms with van der Waals surface area (Å²) < 4.78 is 0. The van der Waals surface area contributed by atoms with Gasteiger partial charge in [0.25, 0.3) is 11.8 Å². The number of rotatable bonds is 6. The first-order chi connectivity index (χ1) is 55.9. The third kappa shape index (κ3) is 32.6. The molecule has 5 amide bonds. The van der Waals surface area contributed by atoms with Gasteiger partial charge in [-0.2, -0.15) is 4.99 Å². The lowest BCUT2D eigenvalue weighted by Crippen LogP contribution is -3.00. The summed E-state index contributed by atoms with van der Waals surface area (Å²) in [6.07, 6.45) is 4.03. The zero-order valence-electron chi connectivity index (χ0n) is 76.2. The van der Waals surface area contributed by atoms with Gasteiger partial charge in [0.05, 0.1) is 30.6 Å². The Morgan fingerprint density at radius 3 is 1.20 bits per heavy atom. The molecule has 7 aromatic carbocycles. The highest BCUT2D eigenvalue weighted by Gasteiger charge is 2.23. The molecule has 0 aromatic heterocycles. The van der Waals surface area contributed by atoms with Crippen LogP contribution in [0, 0.1) is 173 Å². The number of isothiocyanates is 1. The number of carbonyl (C=O) groups is 4. The number of nitrogens with one attached hydrogen (secondary N) is 8. The van der Waals surface area contributed by atoms with E-state index < -0.39 is 0 Å². The zero-order valence-corrected chi connectivity index (χ0v) is 86.7. The van der Waals surface area contributed by atoms with Crippen molar-refractivity contribution in [3.63, 3.8) is 0 Å². The molecule has 654 valence electrons. The van der Waals surface area contributed by atoms with Crippen molar-refractivity contribution in [2.24, 2.45) is 31.4 Å². The van der Waals surface area contributed by atoms with E-state index in [2.05, 4.69) is 303 Å². The molecule has 0 aliphatic carbocycles. The van der Waals surface area contributed by atoms with Crippen molar-refractivity contribution < 1.29 is 48.1 Å². The summed E-state index contributed by atoms with van der Waals surface area (Å²) in [7, 11) is 2.07. The molecular weight excluding hydrogens is 1940 g/mol. The number of halogens is 3. The van der Waals surface area contributed by atoms with Crippen LogP contribution in [0.15, 0.2) is 80.6 Å². The lowest BCUT2D eigenvalue weighted by atomic mass is 9.93. The number of hydrogen-bond donors (Lipinski definition) is 11. The van der Waals surface area contributed by atoms with Crippen molar-refractivity contribution in [3.05, 3.63) is 211 Å². The largest absolute Gasteiger partial charge is 1.00 e. The van der Waals surface area contributed by atoms with E-state index in [1.54, 1.807) is 48.2 Å². The number of nitrogens with two attached hydrogens (primary N) is 3. The molecule has 0 radical (unpaired) electrons. The normalized spacial score (nSPS) is 12.4. The fourth-order valence-corrected chi connectivity index (χ4v) is 14.0. The molecule has 1 saturated heterocycles. The Kier molecular flexibility index (Phi) is 50.4. The van der Waals surface area contributed by atoms with Crippen molar-refractivity contribution in [1.82, 2.24) is 31.1 Å². The fourth-order valence-electron chi connectivity index (χ4n) is 12.8. The van der Waals surface area contributed by atoms with E-state index >= 15 is 0 Å². The lowest BCUT2D eigenvalue weighted by Gasteiger charge is -2.20. The van der Waals surface area contributed by atoms with Gasteiger partial charge >= 0.3 is 11.2 Å². The number of imide groups is 1. The van der Waals surface area contributed by atoms with Crippen molar-refractivity contribution >= 4 is 187 Å². The van der Waals surface area contributed by atoms with E-state index in [-0.39, 0.29) is 47.7 Å². The summed E-state index contributed by atoms with van der Waals surface area (Å²) in [5.74, 6) is 1.23. The molecule has 1 fully saturated rings. The Hall–Kier alpha value is -7.63. The number of amidine groups is 3. The van der Waals surface area contributed by atoms with Gasteiger partial charge in [0.2, 0.25) is 5.91 Å². The Morgan fingerprint density at radius 1 is 0.508 bits per heavy atom. The summed E-state index contributed by atoms with van der Waals surface area (Å²) in [5, 5.41) is 25.8. The number of anilines is 4. The molecule has 29 heteroatoms. The summed E-state index contributed by atoms with van der Waals surface area (Å²) in [4.78, 5) is 66.9. The second-order valence-corrected chi connectivity index (χ2v) is 31.9. The van der Waals surface area contributed by atoms with Crippen molar-refractivity contribution in [2.75, 3.05) is 93.6 Å². The number of carbonyl (C=O) groups excluding carboxylic acids is 4. The van der Waals surface area contributed by atoms with E-state index in [1.807, 2.05) is 42.6 Å². The molecule has 4 aliphatic heterocycles. The van der Waals surface area contributed by atoms with Crippen LogP contribution in [0.1, 0.15) is 174 Å². The number of amides is 5. The molecule has 120 heavy (non-hydrogen) atoms. The topological polar surface area (TPSA) is 300 Å². The van der Waals surface area contributed by atoms with E-state index in [1.165, 1.54) is 162 Å². The highest BCUT2D eigenvalue weighted by molar-refractivity contribution is 15.0. The maximum Gasteiger partial charge on any atom is 0.324 e. The van der Waals surface area contributed by atoms with Gasteiger partial charge in [0, 0.05) is 118 Å². The Bertz CT molecular complexity index is 4730. The number of hydrogen-bond acceptors (Lipinski definition) is 17. The summed E-state index contributed by atoms with van der Waals surface area (Å²) in [6.45, 7) is 63.7. The number of benzene rings is 7. The third-order valence-electron chi connectivity index (χ3n) is 22.6. The molecule has 21 nitrogen and oxygen atoms in total. The number of thioether (sulfide) groups is 2. The molecule has 0 saturated carbocycles. The van der Waals surface area contributed by atoms with Gasteiger partial charge in [-0.1, -0.05) is 48.2 Å². The fraction of sp³-hybridized carbons (Fsp3) is 0.418. The quantitative estimate of drug-likeness (QED) is 0.0242. The number of nitrogen functional groups attached to an aromatic ring is 1. The predicted molar refractivity (Wildman–Crippen MR) is 542 cm³/mol. The average molecular weight is 2070 g/mol. The standard InChI is InChI=1S/C19H22N2OS.C14H21N3.C13H20N2S.C12H18N2S.C11H17N.C8H5NOS.C5H8N2O2.C5H10N2S.C4H8N2.I2.HI/c1-11-12(2)14(4)17(15(5)13(11)3)20-19(23)21-18(22)16-9-7-6-8-10-16;1-8-9(2)11(4)13(12(5)10(8)3)17-14-15-6-7-16-14;1-7-8(2)10(4)12(11(5)9(7)3)15-13(14)16-6;1-6-7(2)9(4)11(14-12(13)15)10(5)8(6)3;1-6-7(2)9(4)11(12)10(5)8(6)3;10-8(9-6-11)7-4-2-1-3-5-7;1-4(8)7-3-2-6-5(7)9;1-7-4-3-6-5(7)8-2;1-4-5-2-3-6-4;1-2;/h6-10H,1-5H3,(H2,20,21,22,23);6-7H2,1-5H3,(H2,15,16,17);1-6H3,(H2,14,15);1-5H3,(H3,13,14,15);12H2,1-5H3;1-5H;2-3H2,1H3,(H,6,9);3-4H2,1-2H3;2-3H2,1H3,(H,5,6);;1H. The molecule has 4 aliphatic rings. The number of nitrogens with zero attached hydrogens (tertiary/aromatic N) is 6. The van der Waals surface area contributed by atoms with Crippen LogP contribution in [0.25, 0.3) is 0 Å². The number of thiocarbonyl (C=S) groups is 3. The lowest BCUT2D eigenvalue weighted by molar-refractivity contribution is -0.352. The van der Waals surface area contributed by atoms with Gasteiger partial charge in [0.1, 0.15) is 5.69 Å². The van der Waals surface area contributed by atoms with Gasteiger partial charge < -0.3 is 72.2 Å². The van der Waals surface area contributed by atoms with E-state index in [0.29, 0.717) is 34.4 Å². The van der Waals surface area contributed by atoms with Crippen molar-refractivity contribution in [2.45, 2.75) is 187 Å². The molecule has 0 bridgehead atoms. The first-order valence-electron chi connectivity index (χ1n) is 39.1. The maximum absolute atomic E-state index is 12.2. The second-order valence-electron chi connectivity index (χ2n) is 29.2. The monoisotopic (exact) mass is 2070 g/mol. The zero-order chi connectivity index (χ0) is 90.7. The third-order valence-corrected chi connectivity index (χ3v) is 24.4. The summed E-state index contributed by atoms with van der Waals surface area (Å²) >= 11 is 22.0. The molecule has 14 N–H and O–H groups in total. The molecule has 0 unspecified atom stereocenters. The predicted octanol–water partition coefficient (Wildman–Crippen LogP) is 15.2. The molecule has 4 heterocycles. The first-order valence-corrected chi connectivity index (χ1v) is 49.1. The van der Waals surface area contributed by atoms with Gasteiger partial charge in [-0.3, -0.25) is 45.3 Å². The minimum atomic E-state index is -0.347. The highest BCUT2D eigenvalue weighted by Crippen LogP contribution is 2.34. The SMILES string of the molecule is CC(=O)N1CCNC1=O.CC1=NCCN1.CSC(N)=[NH+]c1c(C)c(C)c(C)c(C)c1C.CSC1=NCCN1C.Cc1c(C)c(C)c(N)c(C)c1C.Cc1c(C)c(C)c(NC(=S)NC(=O)c2ccccc2)c(C)c1C.Cc1c(C)c(C)c(NC(N)=S)c(C)c1C.Cc1c(C)c(C)c(NC2=NCCN2)c(C)c1C.II.O=C(N=C=S)c1ccccc1.[I-]. The maximum atomic E-state index is 12.2. The molecule has 7 aromatic rings. The van der Waals surface area contributed by atoms with E-state index in [0.717, 1.165) is 90.1 Å². The summed E-state index contributed by atoms with van der Waals surface area (Å²) in [6, 6.07) is 17.5. The van der Waals surface area contributed by atoms with Crippen LogP contribution in [0.5, 0.6) is 0 Å². The number of urea groups is 1. The van der Waals surface area contributed by atoms with E-state index in [4.69, 9.17) is 41.6 Å². The van der Waals surface area contributed by atoms with Crippen LogP contribution in [-0.4, -0.2) is 143 Å². The van der Waals surface area contributed by atoms with Gasteiger partial charge in [-0.05, 0) is 404 Å². The highest BCUT2D eigenvalue weighted by atomic mass is 128. The van der Waals surface area contributed by atoms with Crippen molar-refractivity contribution in [1.29, 1.82) is 0 Å². The van der Waals surface area contributed by atoms with Crippen LogP contribution < -0.4 is 83.4 Å². The van der Waals surface area contributed by atoms with Crippen LogP contribution in [0.2, 0.25) is 0 Å². The van der Waals surface area contributed by atoms with Gasteiger partial charge in [-0.25, -0.2) is 9.79 Å². The number of aliphatic imine (C=N–C) groups is 4. The molecular formula is C91H130I3N17O4S5. The second kappa shape index (κ2) is 54.8. The smallest absolute Gasteiger partial charge is 0.324 e. The number of guanidine groups is 1. The Morgan fingerprint density at radius 2 is 0.892 bits per heavy atom. The Labute approximate surface area is 781 Å². The molecule has 11 rings (SSSR count). The van der Waals surface area contributed by atoms with Crippen LogP contribution >= 0.6 is 97.4 Å². The van der Waals surface area contributed by atoms with Gasteiger partial charge in [-0.15, -0.1) is 0 Å². The minimum absolute atomic E-state index is 0. The molecule has 0 spiro atoms.